The van der Waals surface area contributed by atoms with Crippen molar-refractivity contribution >= 4 is 37.9 Å². The van der Waals surface area contributed by atoms with E-state index >= 15 is 0 Å². The van der Waals surface area contributed by atoms with Crippen LogP contribution >= 0.6 is 11.3 Å². The zero-order valence-corrected chi connectivity index (χ0v) is 15.7. The van der Waals surface area contributed by atoms with Gasteiger partial charge in [0.1, 0.15) is 10.0 Å². The number of hydrogen-bond acceptors (Lipinski definition) is 7. The highest BCUT2D eigenvalue weighted by Gasteiger charge is 2.22. The molecule has 1 heterocycles. The van der Waals surface area contributed by atoms with Crippen molar-refractivity contribution in [3.8, 4) is 0 Å². The maximum absolute atomic E-state index is 13.2. The highest BCUT2D eigenvalue weighted by Crippen LogP contribution is 2.29. The lowest BCUT2D eigenvalue weighted by Gasteiger charge is -2.02. The summed E-state index contributed by atoms with van der Waals surface area (Å²) in [6, 6.07) is 10.0. The molecular weight excluding hydrogens is 409 g/mol. The molecule has 0 bridgehead atoms. The molecule has 0 unspecified atom stereocenters. The summed E-state index contributed by atoms with van der Waals surface area (Å²) in [6.07, 6.45) is 1.00. The van der Waals surface area contributed by atoms with E-state index in [-0.39, 0.29) is 26.3 Å². The molecule has 0 fully saturated rings. The van der Waals surface area contributed by atoms with Crippen molar-refractivity contribution in [2.24, 2.45) is 0 Å². The van der Waals surface area contributed by atoms with Gasteiger partial charge < -0.3 is 5.32 Å². The predicted molar refractivity (Wildman–Crippen MR) is 99.4 cm³/mol. The second-order valence-electron chi connectivity index (χ2n) is 5.59. The Balaban J connectivity index is 1.73. The number of non-ortho nitro benzene ring substituents is 1. The Morgan fingerprint density at radius 2 is 1.93 bits per heavy atom. The van der Waals surface area contributed by atoms with Crippen LogP contribution in [0.25, 0.3) is 0 Å². The van der Waals surface area contributed by atoms with Crippen LogP contribution in [0.15, 0.2) is 63.8 Å². The van der Waals surface area contributed by atoms with Crippen LogP contribution in [-0.2, 0) is 21.1 Å². The number of hydrogen-bond donors (Lipinski definition) is 1. The van der Waals surface area contributed by atoms with Crippen molar-refractivity contribution in [3.05, 3.63) is 76.2 Å². The molecule has 2 aromatic carbocycles. The Morgan fingerprint density at radius 3 is 2.57 bits per heavy atom. The SMILES string of the molecule is O=C(Cc1cccc(F)c1)Nc1ncc(S(=O)(=O)c2ccc([N+](=O)[O-])cc2)s1. The Morgan fingerprint density at radius 1 is 1.21 bits per heavy atom. The fourth-order valence-corrected chi connectivity index (χ4v) is 4.75. The highest BCUT2D eigenvalue weighted by molar-refractivity contribution is 7.93. The molecule has 0 spiro atoms. The summed E-state index contributed by atoms with van der Waals surface area (Å²) in [5, 5.41) is 13.2. The number of sulfone groups is 1. The summed E-state index contributed by atoms with van der Waals surface area (Å²) in [5.41, 5.74) is 0.237. The van der Waals surface area contributed by atoms with Gasteiger partial charge in [-0.2, -0.15) is 0 Å². The predicted octanol–water partition coefficient (Wildman–Crippen LogP) is 3.20. The Hall–Kier alpha value is -3.18. The molecular formula is C17H12FN3O5S2. The second kappa shape index (κ2) is 7.82. The van der Waals surface area contributed by atoms with Crippen LogP contribution in [0, 0.1) is 15.9 Å². The molecule has 0 saturated heterocycles. The minimum Gasteiger partial charge on any atom is -0.302 e. The van der Waals surface area contributed by atoms with Crippen molar-refractivity contribution in [2.75, 3.05) is 5.32 Å². The van der Waals surface area contributed by atoms with Gasteiger partial charge >= 0.3 is 0 Å². The summed E-state index contributed by atoms with van der Waals surface area (Å²) in [7, 11) is -3.93. The number of halogens is 1. The molecule has 0 aliphatic heterocycles. The number of nitrogens with one attached hydrogen (secondary N) is 1. The third kappa shape index (κ3) is 4.38. The van der Waals surface area contributed by atoms with Gasteiger partial charge in [0, 0.05) is 12.1 Å². The first-order chi connectivity index (χ1) is 13.3. The molecule has 3 aromatic rings. The van der Waals surface area contributed by atoms with Crippen LogP contribution in [0.4, 0.5) is 15.2 Å². The lowest BCUT2D eigenvalue weighted by molar-refractivity contribution is -0.384. The van der Waals surface area contributed by atoms with E-state index in [1.807, 2.05) is 0 Å². The molecule has 0 aliphatic carbocycles. The van der Waals surface area contributed by atoms with Crippen molar-refractivity contribution in [1.29, 1.82) is 0 Å². The number of aromatic nitrogens is 1. The molecule has 11 heteroatoms. The van der Waals surface area contributed by atoms with Crippen molar-refractivity contribution in [2.45, 2.75) is 15.5 Å². The summed E-state index contributed by atoms with van der Waals surface area (Å²) >= 11 is 0.748. The molecule has 8 nitrogen and oxygen atoms in total. The number of carbonyl (C=O) groups is 1. The van der Waals surface area contributed by atoms with Gasteiger partial charge in [0.25, 0.3) is 5.69 Å². The maximum Gasteiger partial charge on any atom is 0.269 e. The van der Waals surface area contributed by atoms with Crippen LogP contribution in [0.3, 0.4) is 0 Å². The van der Waals surface area contributed by atoms with Gasteiger partial charge in [-0.25, -0.2) is 17.8 Å². The van der Waals surface area contributed by atoms with Crippen LogP contribution < -0.4 is 5.32 Å². The van der Waals surface area contributed by atoms with Gasteiger partial charge in [-0.1, -0.05) is 23.5 Å². The van der Waals surface area contributed by atoms with E-state index in [9.17, 15) is 27.7 Å². The van der Waals surface area contributed by atoms with Crippen LogP contribution in [0.2, 0.25) is 0 Å². The molecule has 0 aliphatic rings. The first kappa shape index (κ1) is 19.6. The van der Waals surface area contributed by atoms with Crippen LogP contribution in [0.1, 0.15) is 5.56 Å². The number of nitrogens with zero attached hydrogens (tertiary/aromatic N) is 2. The molecule has 28 heavy (non-hydrogen) atoms. The zero-order chi connectivity index (χ0) is 20.3. The van der Waals surface area contributed by atoms with E-state index in [2.05, 4.69) is 10.3 Å². The first-order valence-electron chi connectivity index (χ1n) is 7.75. The Labute approximate surface area is 162 Å². The van der Waals surface area contributed by atoms with Gasteiger partial charge in [-0.15, -0.1) is 0 Å². The topological polar surface area (TPSA) is 119 Å². The van der Waals surface area contributed by atoms with Crippen molar-refractivity contribution in [1.82, 2.24) is 4.98 Å². The van der Waals surface area contributed by atoms with Crippen molar-refractivity contribution < 1.29 is 22.5 Å². The molecule has 1 aromatic heterocycles. The smallest absolute Gasteiger partial charge is 0.269 e. The molecule has 0 atom stereocenters. The van der Waals surface area contributed by atoms with E-state index in [0.29, 0.717) is 5.56 Å². The van der Waals surface area contributed by atoms with Gasteiger partial charge in [0.2, 0.25) is 15.7 Å². The quantitative estimate of drug-likeness (QED) is 0.482. The van der Waals surface area contributed by atoms with Crippen LogP contribution in [0.5, 0.6) is 0 Å². The first-order valence-corrected chi connectivity index (χ1v) is 10.1. The number of thiazole rings is 1. The number of benzene rings is 2. The van der Waals surface area contributed by atoms with E-state index in [0.717, 1.165) is 41.8 Å². The van der Waals surface area contributed by atoms with Gasteiger partial charge in [0.15, 0.2) is 5.13 Å². The molecule has 0 saturated carbocycles. The number of nitro groups is 1. The fourth-order valence-electron chi connectivity index (χ4n) is 2.30. The fraction of sp³-hybridized carbons (Fsp3) is 0.0588. The maximum atomic E-state index is 13.2. The number of amides is 1. The van der Waals surface area contributed by atoms with E-state index in [1.165, 1.54) is 18.2 Å². The zero-order valence-electron chi connectivity index (χ0n) is 14.0. The van der Waals surface area contributed by atoms with Gasteiger partial charge in [-0.3, -0.25) is 14.9 Å². The molecule has 0 radical (unpaired) electrons. The third-order valence-electron chi connectivity index (χ3n) is 3.61. The van der Waals surface area contributed by atoms with E-state index in [4.69, 9.17) is 0 Å². The monoisotopic (exact) mass is 421 g/mol. The number of carbonyl (C=O) groups excluding carboxylic acids is 1. The van der Waals surface area contributed by atoms with Crippen molar-refractivity contribution in [3.63, 3.8) is 0 Å². The van der Waals surface area contributed by atoms with Crippen LogP contribution in [-0.4, -0.2) is 24.2 Å². The number of rotatable bonds is 6. The summed E-state index contributed by atoms with van der Waals surface area (Å²) in [4.78, 5) is 25.8. The highest BCUT2D eigenvalue weighted by atomic mass is 32.2. The average molecular weight is 421 g/mol. The van der Waals surface area contributed by atoms with Gasteiger partial charge in [-0.05, 0) is 29.8 Å². The lowest BCUT2D eigenvalue weighted by Crippen LogP contribution is -2.14. The summed E-state index contributed by atoms with van der Waals surface area (Å²) in [5.74, 6) is -0.935. The Bertz CT molecular complexity index is 1140. The second-order valence-corrected chi connectivity index (χ2v) is 8.80. The summed E-state index contributed by atoms with van der Waals surface area (Å²) < 4.78 is 38.2. The standard InChI is InChI=1S/C17H12FN3O5S2/c18-12-3-1-2-11(8-12)9-15(22)20-17-19-10-16(27-17)28(25,26)14-6-4-13(5-7-14)21(23)24/h1-8,10H,9H2,(H,19,20,22). The normalized spacial score (nSPS) is 11.2. The van der Waals surface area contributed by atoms with Gasteiger partial charge in [0.05, 0.1) is 22.4 Å². The summed E-state index contributed by atoms with van der Waals surface area (Å²) in [6.45, 7) is 0. The number of nitro benzene ring substituents is 1. The molecule has 1 N–H and O–H groups in total. The largest absolute Gasteiger partial charge is 0.302 e. The lowest BCUT2D eigenvalue weighted by atomic mass is 10.1. The molecule has 3 rings (SSSR count). The number of anilines is 1. The molecule has 1 amide bonds. The third-order valence-corrected chi connectivity index (χ3v) is 6.75. The average Bonchev–Trinajstić information content (AvgIpc) is 3.11. The minimum atomic E-state index is -3.93. The van der Waals surface area contributed by atoms with E-state index in [1.54, 1.807) is 6.07 Å². The van der Waals surface area contributed by atoms with E-state index < -0.39 is 26.5 Å². The minimum absolute atomic E-state index is 0.0712. The molecule has 144 valence electrons. The Kier molecular flexibility index (Phi) is 5.47.